The van der Waals surface area contributed by atoms with Crippen molar-refractivity contribution < 1.29 is 33.7 Å². The minimum Gasteiger partial charge on any atom is -0.457 e. The molecule has 10 heteroatoms. The third-order valence-electron chi connectivity index (χ3n) is 9.42. The molecule has 10 nitrogen and oxygen atoms in total. The largest absolute Gasteiger partial charge is 0.457 e. The molecule has 0 aromatic carbocycles. The topological polar surface area (TPSA) is 109 Å². The number of hydrogen-bond acceptors (Lipinski definition) is 8. The predicted molar refractivity (Wildman–Crippen MR) is 175 cm³/mol. The van der Waals surface area contributed by atoms with Gasteiger partial charge in [0, 0.05) is 56.5 Å². The molecular formula is C35H57N3O7. The second-order valence-corrected chi connectivity index (χ2v) is 14.4. The lowest BCUT2D eigenvalue weighted by molar-refractivity contribution is -0.150. The Morgan fingerprint density at radius 2 is 1.78 bits per heavy atom. The Labute approximate surface area is 270 Å². The van der Waals surface area contributed by atoms with Crippen molar-refractivity contribution in [1.29, 1.82) is 0 Å². The monoisotopic (exact) mass is 631 g/mol. The van der Waals surface area contributed by atoms with Gasteiger partial charge in [-0.3, -0.25) is 4.79 Å². The van der Waals surface area contributed by atoms with Crippen molar-refractivity contribution in [2.45, 2.75) is 104 Å². The molecule has 0 spiro atoms. The van der Waals surface area contributed by atoms with Gasteiger partial charge in [-0.2, -0.15) is 0 Å². The van der Waals surface area contributed by atoms with Crippen LogP contribution in [0.2, 0.25) is 0 Å². The highest BCUT2D eigenvalue weighted by Gasteiger charge is 2.37. The van der Waals surface area contributed by atoms with Crippen LogP contribution in [-0.2, 0) is 19.0 Å². The quantitative estimate of drug-likeness (QED) is 0.176. The van der Waals surface area contributed by atoms with Crippen LogP contribution in [0.3, 0.4) is 0 Å². The maximum absolute atomic E-state index is 13.1. The first-order valence-corrected chi connectivity index (χ1v) is 16.6. The highest BCUT2D eigenvalue weighted by Crippen LogP contribution is 2.30. The summed E-state index contributed by atoms with van der Waals surface area (Å²) >= 11 is 0. The zero-order valence-electron chi connectivity index (χ0n) is 28.8. The van der Waals surface area contributed by atoms with Gasteiger partial charge >= 0.3 is 18.2 Å². The lowest BCUT2D eigenvalue weighted by atomic mass is 9.87. The highest BCUT2D eigenvalue weighted by molar-refractivity contribution is 5.70. The van der Waals surface area contributed by atoms with Gasteiger partial charge in [-0.05, 0) is 78.0 Å². The van der Waals surface area contributed by atoms with E-state index >= 15 is 0 Å². The number of amides is 2. The van der Waals surface area contributed by atoms with E-state index < -0.39 is 23.9 Å². The summed E-state index contributed by atoms with van der Waals surface area (Å²) in [4.78, 5) is 44.2. The molecule has 1 N–H and O–H groups in total. The van der Waals surface area contributed by atoms with Gasteiger partial charge < -0.3 is 34.0 Å². The molecule has 0 unspecified atom stereocenters. The summed E-state index contributed by atoms with van der Waals surface area (Å²) in [7, 11) is 2.02. The van der Waals surface area contributed by atoms with Gasteiger partial charge in [0.05, 0.1) is 6.61 Å². The van der Waals surface area contributed by atoms with Crippen molar-refractivity contribution in [1.82, 2.24) is 14.7 Å². The third-order valence-corrected chi connectivity index (χ3v) is 9.42. The van der Waals surface area contributed by atoms with Gasteiger partial charge in [0.15, 0.2) is 6.10 Å². The fourth-order valence-electron chi connectivity index (χ4n) is 6.07. The molecular weight excluding hydrogens is 574 g/mol. The van der Waals surface area contributed by atoms with Crippen molar-refractivity contribution in [2.24, 2.45) is 17.8 Å². The fraction of sp³-hybridized carbons (Fsp3) is 0.743. The first kappa shape index (κ1) is 36.6. The average Bonchev–Trinajstić information content (AvgIpc) is 3.33. The molecule has 3 aliphatic rings. The Balaban J connectivity index is 1.70. The molecule has 2 saturated heterocycles. The number of piperazine rings is 1. The molecule has 6 atom stereocenters. The number of aliphatic hydroxyl groups is 1. The molecule has 0 aromatic heterocycles. The van der Waals surface area contributed by atoms with E-state index in [0.717, 1.165) is 38.0 Å². The number of cyclic esters (lactones) is 1. The number of esters is 1. The normalized spacial score (nSPS) is 31.9. The number of ether oxygens (including phenoxy) is 3. The van der Waals surface area contributed by atoms with Gasteiger partial charge in [-0.1, -0.05) is 45.1 Å². The minimum atomic E-state index is -1.30. The Kier molecular flexibility index (Phi) is 13.1. The van der Waals surface area contributed by atoms with Crippen molar-refractivity contribution in [2.75, 3.05) is 46.4 Å². The molecule has 2 amide bonds. The van der Waals surface area contributed by atoms with E-state index in [1.807, 2.05) is 59.0 Å². The average molecular weight is 632 g/mol. The smallest absolute Gasteiger partial charge is 0.410 e. The van der Waals surface area contributed by atoms with E-state index in [1.165, 1.54) is 0 Å². The molecule has 2 fully saturated rings. The second kappa shape index (κ2) is 16.1. The molecule has 0 saturated carbocycles. The number of allylic oxidation sites excluding steroid dienone is 2. The Morgan fingerprint density at radius 1 is 1.09 bits per heavy atom. The van der Waals surface area contributed by atoms with Crippen LogP contribution in [0.1, 0.15) is 80.6 Å². The summed E-state index contributed by atoms with van der Waals surface area (Å²) in [6.07, 6.45) is 10.4. The maximum Gasteiger partial charge on any atom is 0.410 e. The molecule has 0 aliphatic carbocycles. The van der Waals surface area contributed by atoms with Crippen LogP contribution in [0.4, 0.5) is 9.59 Å². The van der Waals surface area contributed by atoms with E-state index in [-0.39, 0.29) is 48.4 Å². The highest BCUT2D eigenvalue weighted by atomic mass is 16.6. The molecule has 3 aliphatic heterocycles. The number of likely N-dealkylation sites (N-methyl/N-ethyl adjacent to an activating group) is 1. The SMILES string of the molecule is C/C(=C\C=C\[C@@H](C)COC(=O)N1CCCC1(C)C)[C@H]1OC(=O)C[C@H](C)CC[C@@](C)(O)[C@@H](OC(=O)N2CCN(C)CC2)/C=C/[C@@H]1C. The predicted octanol–water partition coefficient (Wildman–Crippen LogP) is 5.56. The first-order chi connectivity index (χ1) is 21.1. The van der Waals surface area contributed by atoms with Crippen LogP contribution in [0, 0.1) is 17.8 Å². The summed E-state index contributed by atoms with van der Waals surface area (Å²) < 4.78 is 17.5. The fourth-order valence-corrected chi connectivity index (χ4v) is 6.07. The Morgan fingerprint density at radius 3 is 2.42 bits per heavy atom. The number of carbonyl (C=O) groups is 3. The van der Waals surface area contributed by atoms with Crippen molar-refractivity contribution >= 4 is 18.2 Å². The molecule has 0 bridgehead atoms. The number of carbonyl (C=O) groups excluding carboxylic acids is 3. The molecule has 0 aromatic rings. The maximum atomic E-state index is 13.1. The third kappa shape index (κ3) is 10.9. The van der Waals surface area contributed by atoms with Crippen LogP contribution < -0.4 is 0 Å². The first-order valence-electron chi connectivity index (χ1n) is 16.6. The number of likely N-dealkylation sites (tertiary alicyclic amines) is 1. The van der Waals surface area contributed by atoms with Crippen molar-refractivity contribution in [3.63, 3.8) is 0 Å². The zero-order valence-corrected chi connectivity index (χ0v) is 28.8. The van der Waals surface area contributed by atoms with E-state index in [2.05, 4.69) is 18.7 Å². The van der Waals surface area contributed by atoms with Crippen LogP contribution in [0.15, 0.2) is 36.0 Å². The molecule has 3 heterocycles. The van der Waals surface area contributed by atoms with Gasteiger partial charge in [-0.15, -0.1) is 0 Å². The van der Waals surface area contributed by atoms with Crippen molar-refractivity contribution in [3.05, 3.63) is 36.0 Å². The van der Waals surface area contributed by atoms with Crippen LogP contribution in [0.25, 0.3) is 0 Å². The molecule has 3 rings (SSSR count). The number of nitrogens with zero attached hydrogens (tertiary/aromatic N) is 3. The second-order valence-electron chi connectivity index (χ2n) is 14.4. The summed E-state index contributed by atoms with van der Waals surface area (Å²) in [5, 5.41) is 11.5. The van der Waals surface area contributed by atoms with E-state index in [4.69, 9.17) is 14.2 Å². The van der Waals surface area contributed by atoms with Crippen LogP contribution >= 0.6 is 0 Å². The Hall–Kier alpha value is -2.85. The molecule has 254 valence electrons. The van der Waals surface area contributed by atoms with E-state index in [9.17, 15) is 19.5 Å². The standard InChI is InChI=1S/C35H57N3O7/c1-25-15-17-35(7,42)29(44-32(40)37-21-19-36(8)20-22-37)14-13-28(4)31(45-30(39)23-25)27(3)12-9-11-26(2)24-43-33(41)38-18-10-16-34(38,5)6/h9,11-14,25-26,28-29,31,42H,10,15-24H2,1-8H3/b11-9+,14-13+,27-12+/t25-,26-,28+,29+,31-,35-/m1/s1. The van der Waals surface area contributed by atoms with Crippen molar-refractivity contribution in [3.8, 4) is 0 Å². The number of rotatable bonds is 6. The lowest BCUT2D eigenvalue weighted by Crippen LogP contribution is -2.50. The van der Waals surface area contributed by atoms with Gasteiger partial charge in [0.1, 0.15) is 11.7 Å². The lowest BCUT2D eigenvalue weighted by Gasteiger charge is -2.36. The summed E-state index contributed by atoms with van der Waals surface area (Å²) in [5.74, 6) is -0.557. The molecule has 45 heavy (non-hydrogen) atoms. The van der Waals surface area contributed by atoms with Gasteiger partial charge in [0.25, 0.3) is 0 Å². The van der Waals surface area contributed by atoms with Crippen LogP contribution in [0.5, 0.6) is 0 Å². The summed E-state index contributed by atoms with van der Waals surface area (Å²) in [6.45, 7) is 17.3. The Bertz CT molecular complexity index is 1110. The summed E-state index contributed by atoms with van der Waals surface area (Å²) in [5.41, 5.74) is -0.628. The van der Waals surface area contributed by atoms with E-state index in [0.29, 0.717) is 25.9 Å². The number of hydrogen-bond donors (Lipinski definition) is 1. The van der Waals surface area contributed by atoms with Gasteiger partial charge in [-0.25, -0.2) is 9.59 Å². The van der Waals surface area contributed by atoms with E-state index in [1.54, 1.807) is 22.8 Å². The zero-order chi connectivity index (χ0) is 33.4. The van der Waals surface area contributed by atoms with Gasteiger partial charge in [0.2, 0.25) is 0 Å². The molecule has 0 radical (unpaired) electrons. The summed E-state index contributed by atoms with van der Waals surface area (Å²) in [6, 6.07) is 0. The minimum absolute atomic E-state index is 0.00118. The van der Waals surface area contributed by atoms with Crippen LogP contribution in [-0.4, -0.2) is 108 Å².